The van der Waals surface area contributed by atoms with E-state index in [9.17, 15) is 0 Å². The lowest BCUT2D eigenvalue weighted by atomic mass is 9.94. The SMILES string of the molecule is CCCCCCN=C(NOCC(C)(C)CO/N=C1\CCCc2ccc(C)nc21)c1ccccn1. The molecule has 0 aliphatic heterocycles. The molecule has 7 nitrogen and oxygen atoms in total. The lowest BCUT2D eigenvalue weighted by molar-refractivity contribution is -0.0226. The number of rotatable bonds is 12. The average Bonchev–Trinajstić information content (AvgIpc) is 2.83. The molecule has 0 saturated carbocycles. The van der Waals surface area contributed by atoms with Gasteiger partial charge >= 0.3 is 0 Å². The van der Waals surface area contributed by atoms with Crippen LogP contribution in [0.5, 0.6) is 0 Å². The van der Waals surface area contributed by atoms with Crippen molar-refractivity contribution in [3.05, 3.63) is 59.2 Å². The van der Waals surface area contributed by atoms with Crippen molar-refractivity contribution in [2.24, 2.45) is 15.6 Å². The zero-order chi connectivity index (χ0) is 24.2. The minimum Gasteiger partial charge on any atom is -0.395 e. The summed E-state index contributed by atoms with van der Waals surface area (Å²) in [6.45, 7) is 10.0. The van der Waals surface area contributed by atoms with E-state index in [0.29, 0.717) is 19.0 Å². The lowest BCUT2D eigenvalue weighted by Crippen LogP contribution is -2.33. The Bertz CT molecular complexity index is 957. The van der Waals surface area contributed by atoms with Gasteiger partial charge in [0.2, 0.25) is 0 Å². The van der Waals surface area contributed by atoms with Crippen molar-refractivity contribution in [1.82, 2.24) is 15.4 Å². The van der Waals surface area contributed by atoms with Gasteiger partial charge in [0, 0.05) is 23.9 Å². The van der Waals surface area contributed by atoms with Crippen LogP contribution in [0.3, 0.4) is 0 Å². The van der Waals surface area contributed by atoms with Crippen molar-refractivity contribution in [2.75, 3.05) is 19.8 Å². The van der Waals surface area contributed by atoms with Crippen molar-refractivity contribution >= 4 is 11.5 Å². The van der Waals surface area contributed by atoms with E-state index in [4.69, 9.17) is 14.7 Å². The maximum atomic E-state index is 5.85. The zero-order valence-electron chi connectivity index (χ0n) is 21.1. The van der Waals surface area contributed by atoms with Crippen molar-refractivity contribution in [3.63, 3.8) is 0 Å². The Balaban J connectivity index is 1.52. The molecule has 0 radical (unpaired) electrons. The highest BCUT2D eigenvalue weighted by Gasteiger charge is 2.22. The van der Waals surface area contributed by atoms with E-state index >= 15 is 0 Å². The Hall–Kier alpha value is -2.80. The van der Waals surface area contributed by atoms with E-state index in [2.05, 4.69) is 53.5 Å². The van der Waals surface area contributed by atoms with Gasteiger partial charge < -0.3 is 4.84 Å². The number of hydroxylamine groups is 1. The van der Waals surface area contributed by atoms with Gasteiger partial charge in [0.25, 0.3) is 0 Å². The molecular formula is C27H39N5O2. The molecule has 2 aromatic rings. The molecule has 0 bridgehead atoms. The summed E-state index contributed by atoms with van der Waals surface area (Å²) < 4.78 is 0. The van der Waals surface area contributed by atoms with E-state index < -0.39 is 0 Å². The molecule has 3 rings (SSSR count). The molecule has 184 valence electrons. The summed E-state index contributed by atoms with van der Waals surface area (Å²) in [5.74, 6) is 0.661. The summed E-state index contributed by atoms with van der Waals surface area (Å²) in [6, 6.07) is 9.99. The molecule has 1 aliphatic rings. The fourth-order valence-corrected chi connectivity index (χ4v) is 3.71. The number of fused-ring (bicyclic) bond motifs is 1. The molecule has 7 heteroatoms. The zero-order valence-corrected chi connectivity index (χ0v) is 21.1. The van der Waals surface area contributed by atoms with Crippen molar-refractivity contribution in [2.45, 2.75) is 72.6 Å². The third-order valence-electron chi connectivity index (χ3n) is 5.70. The van der Waals surface area contributed by atoms with Gasteiger partial charge in [0.1, 0.15) is 18.0 Å². The predicted octanol–water partition coefficient (Wildman–Crippen LogP) is 5.42. The second-order valence-electron chi connectivity index (χ2n) is 9.69. The van der Waals surface area contributed by atoms with Crippen LogP contribution in [0.25, 0.3) is 0 Å². The van der Waals surface area contributed by atoms with Crippen LogP contribution in [0.4, 0.5) is 0 Å². The normalized spacial score (nSPS) is 15.3. The molecule has 1 N–H and O–H groups in total. The van der Waals surface area contributed by atoms with Crippen molar-refractivity contribution in [1.29, 1.82) is 0 Å². The Kier molecular flexibility index (Phi) is 10.0. The fourth-order valence-electron chi connectivity index (χ4n) is 3.71. The van der Waals surface area contributed by atoms with E-state index in [0.717, 1.165) is 55.0 Å². The molecule has 0 aromatic carbocycles. The van der Waals surface area contributed by atoms with Gasteiger partial charge in [-0.05, 0) is 56.4 Å². The summed E-state index contributed by atoms with van der Waals surface area (Å²) in [5, 5.41) is 4.45. The third kappa shape index (κ3) is 8.20. The molecule has 0 atom stereocenters. The summed E-state index contributed by atoms with van der Waals surface area (Å²) in [4.78, 5) is 25.4. The Morgan fingerprint density at radius 3 is 2.76 bits per heavy atom. The molecule has 0 unspecified atom stereocenters. The second kappa shape index (κ2) is 13.2. The molecule has 34 heavy (non-hydrogen) atoms. The minimum atomic E-state index is -0.245. The molecule has 1 aliphatic carbocycles. The van der Waals surface area contributed by atoms with Crippen LogP contribution in [-0.4, -0.2) is 41.3 Å². The van der Waals surface area contributed by atoms with Gasteiger partial charge in [-0.25, -0.2) is 5.48 Å². The van der Waals surface area contributed by atoms with Crippen LogP contribution in [0, 0.1) is 12.3 Å². The first-order valence-electron chi connectivity index (χ1n) is 12.5. The van der Waals surface area contributed by atoms with Gasteiger partial charge in [-0.2, -0.15) is 0 Å². The standard InChI is InChI=1S/C27H39N5O2/c1-5-6-7-9-18-29-26(24-13-8-10-17-28-24)32-34-20-27(3,4)19-33-31-23-14-11-12-22-16-15-21(2)30-25(22)23/h8,10,13,15-17H,5-7,9,11-12,14,18-20H2,1-4H3,(H,29,32)/b31-23+. The quantitative estimate of drug-likeness (QED) is 0.196. The first-order valence-corrected chi connectivity index (χ1v) is 12.5. The third-order valence-corrected chi connectivity index (χ3v) is 5.70. The molecule has 0 saturated heterocycles. The summed E-state index contributed by atoms with van der Waals surface area (Å²) in [7, 11) is 0. The molecule has 2 heterocycles. The van der Waals surface area contributed by atoms with Crippen LogP contribution in [-0.2, 0) is 16.1 Å². The largest absolute Gasteiger partial charge is 0.395 e. The highest BCUT2D eigenvalue weighted by Crippen LogP contribution is 2.22. The smallest absolute Gasteiger partial charge is 0.171 e. The van der Waals surface area contributed by atoms with E-state index in [1.807, 2.05) is 25.1 Å². The van der Waals surface area contributed by atoms with Gasteiger partial charge in [0.15, 0.2) is 5.84 Å². The number of amidine groups is 1. The number of nitrogens with zero attached hydrogens (tertiary/aromatic N) is 4. The number of unbranched alkanes of at least 4 members (excludes halogenated alkanes) is 3. The first kappa shape index (κ1) is 25.8. The molecule has 0 spiro atoms. The number of nitrogens with one attached hydrogen (secondary N) is 1. The number of aliphatic imine (C=N–C) groups is 1. The number of hydrogen-bond acceptors (Lipinski definition) is 6. The van der Waals surface area contributed by atoms with Gasteiger partial charge in [0.05, 0.1) is 12.3 Å². The van der Waals surface area contributed by atoms with Crippen molar-refractivity contribution < 1.29 is 9.68 Å². The number of pyridine rings is 2. The summed E-state index contributed by atoms with van der Waals surface area (Å²) >= 11 is 0. The summed E-state index contributed by atoms with van der Waals surface area (Å²) in [6.07, 6.45) is 9.47. The molecule has 2 aromatic heterocycles. The highest BCUT2D eigenvalue weighted by molar-refractivity contribution is 6.00. The fraction of sp³-hybridized carbons (Fsp3) is 0.556. The van der Waals surface area contributed by atoms with Crippen LogP contribution in [0.1, 0.15) is 81.9 Å². The van der Waals surface area contributed by atoms with Gasteiger partial charge in [-0.15, -0.1) is 0 Å². The number of aromatic nitrogens is 2. The maximum absolute atomic E-state index is 5.85. The Morgan fingerprint density at radius 1 is 1.09 bits per heavy atom. The van der Waals surface area contributed by atoms with Crippen molar-refractivity contribution in [3.8, 4) is 0 Å². The molecule has 0 amide bonds. The molecular weight excluding hydrogens is 426 g/mol. The van der Waals surface area contributed by atoms with Gasteiger partial charge in [-0.3, -0.25) is 19.8 Å². The number of hydrogen-bond donors (Lipinski definition) is 1. The van der Waals surface area contributed by atoms with E-state index in [-0.39, 0.29) is 5.41 Å². The maximum Gasteiger partial charge on any atom is 0.171 e. The van der Waals surface area contributed by atoms with E-state index in [1.54, 1.807) is 6.20 Å². The molecule has 0 fully saturated rings. The highest BCUT2D eigenvalue weighted by atomic mass is 16.7. The predicted molar refractivity (Wildman–Crippen MR) is 137 cm³/mol. The van der Waals surface area contributed by atoms with Crippen LogP contribution < -0.4 is 5.48 Å². The summed E-state index contributed by atoms with van der Waals surface area (Å²) in [5.41, 5.74) is 7.73. The average molecular weight is 466 g/mol. The number of oxime groups is 1. The minimum absolute atomic E-state index is 0.245. The van der Waals surface area contributed by atoms with E-state index in [1.165, 1.54) is 24.8 Å². The van der Waals surface area contributed by atoms with Crippen LogP contribution >= 0.6 is 0 Å². The second-order valence-corrected chi connectivity index (χ2v) is 9.69. The topological polar surface area (TPSA) is 81.0 Å². The monoisotopic (exact) mass is 465 g/mol. The lowest BCUT2D eigenvalue weighted by Gasteiger charge is -2.23. The Morgan fingerprint density at radius 2 is 1.97 bits per heavy atom. The van der Waals surface area contributed by atoms with Crippen LogP contribution in [0.2, 0.25) is 0 Å². The Labute approximate surface area is 204 Å². The van der Waals surface area contributed by atoms with Crippen LogP contribution in [0.15, 0.2) is 46.7 Å². The van der Waals surface area contributed by atoms with Gasteiger partial charge in [-0.1, -0.05) is 57.3 Å². The first-order chi connectivity index (χ1) is 16.5. The number of aryl methyl sites for hydroxylation is 2.